The van der Waals surface area contributed by atoms with E-state index in [0.717, 1.165) is 51.6 Å². The highest BCUT2D eigenvalue weighted by Gasteiger charge is 2.27. The van der Waals surface area contributed by atoms with Crippen LogP contribution < -0.4 is 5.32 Å². The minimum atomic E-state index is -0.730. The van der Waals surface area contributed by atoms with Crippen LogP contribution in [0, 0.1) is 5.41 Å². The average Bonchev–Trinajstić information content (AvgIpc) is 2.37. The van der Waals surface area contributed by atoms with Gasteiger partial charge in [-0.15, -0.1) is 0 Å². The summed E-state index contributed by atoms with van der Waals surface area (Å²) in [6.07, 6.45) is 5.91. The highest BCUT2D eigenvalue weighted by atomic mass is 16.4. The van der Waals surface area contributed by atoms with E-state index in [1.54, 1.807) is 0 Å². The Morgan fingerprint density at radius 3 is 2.30 bits per heavy atom. The summed E-state index contributed by atoms with van der Waals surface area (Å²) in [7, 11) is 0. The molecule has 0 unspecified atom stereocenters. The SMILES string of the molecule is CC1(C)CCN(C(=O)NCCCCCCC(=O)O)CC1. The molecule has 0 aromatic carbocycles. The number of piperidine rings is 1. The van der Waals surface area contributed by atoms with E-state index in [1.165, 1.54) is 0 Å². The molecular weight excluding hydrogens is 256 g/mol. The molecule has 1 rings (SSSR count). The topological polar surface area (TPSA) is 69.6 Å². The minimum Gasteiger partial charge on any atom is -0.481 e. The van der Waals surface area contributed by atoms with Crippen molar-refractivity contribution >= 4 is 12.0 Å². The normalized spacial score (nSPS) is 17.8. The number of urea groups is 1. The van der Waals surface area contributed by atoms with Gasteiger partial charge in [0.15, 0.2) is 0 Å². The third-order valence-corrected chi connectivity index (χ3v) is 4.00. The number of carboxylic acids is 1. The van der Waals surface area contributed by atoms with Gasteiger partial charge in [0.2, 0.25) is 0 Å². The summed E-state index contributed by atoms with van der Waals surface area (Å²) < 4.78 is 0. The standard InChI is InChI=1S/C15H28N2O3/c1-15(2)8-11-17(12-9-15)14(20)16-10-6-4-3-5-7-13(18)19/h3-12H2,1-2H3,(H,16,20)(H,18,19). The maximum atomic E-state index is 11.9. The van der Waals surface area contributed by atoms with Crippen LogP contribution >= 0.6 is 0 Å². The average molecular weight is 284 g/mol. The van der Waals surface area contributed by atoms with Gasteiger partial charge >= 0.3 is 12.0 Å². The van der Waals surface area contributed by atoms with Crippen molar-refractivity contribution < 1.29 is 14.7 Å². The lowest BCUT2D eigenvalue weighted by Crippen LogP contribution is -2.46. The summed E-state index contributed by atoms with van der Waals surface area (Å²) >= 11 is 0. The number of unbranched alkanes of at least 4 members (excludes halogenated alkanes) is 3. The van der Waals surface area contributed by atoms with E-state index < -0.39 is 5.97 Å². The molecule has 1 aliphatic rings. The van der Waals surface area contributed by atoms with Gasteiger partial charge < -0.3 is 15.3 Å². The molecule has 2 amide bonds. The minimum absolute atomic E-state index is 0.0473. The summed E-state index contributed by atoms with van der Waals surface area (Å²) in [6, 6.07) is 0.0473. The first-order valence-corrected chi connectivity index (χ1v) is 7.65. The number of nitrogens with zero attached hydrogens (tertiary/aromatic N) is 1. The van der Waals surface area contributed by atoms with Gasteiger partial charge in [-0.3, -0.25) is 4.79 Å². The molecular formula is C15H28N2O3. The van der Waals surface area contributed by atoms with Crippen LogP contribution in [0.25, 0.3) is 0 Å². The molecule has 1 aliphatic heterocycles. The Labute approximate surface area is 121 Å². The first-order valence-electron chi connectivity index (χ1n) is 7.65. The van der Waals surface area contributed by atoms with Gasteiger partial charge in [0.05, 0.1) is 0 Å². The summed E-state index contributed by atoms with van der Waals surface area (Å²) in [5, 5.41) is 11.5. The second-order valence-corrected chi connectivity index (χ2v) is 6.44. The molecule has 0 aliphatic carbocycles. The molecule has 0 aromatic heterocycles. The maximum absolute atomic E-state index is 11.9. The predicted molar refractivity (Wildman–Crippen MR) is 78.7 cm³/mol. The highest BCUT2D eigenvalue weighted by Crippen LogP contribution is 2.29. The molecule has 0 saturated carbocycles. The summed E-state index contributed by atoms with van der Waals surface area (Å²) in [5.41, 5.74) is 0.362. The van der Waals surface area contributed by atoms with Gasteiger partial charge in [0.1, 0.15) is 0 Å². The fourth-order valence-electron chi connectivity index (χ4n) is 2.38. The monoisotopic (exact) mass is 284 g/mol. The Balaban J connectivity index is 2.02. The van der Waals surface area contributed by atoms with Crippen molar-refractivity contribution in [3.8, 4) is 0 Å². The van der Waals surface area contributed by atoms with E-state index in [-0.39, 0.29) is 12.5 Å². The lowest BCUT2D eigenvalue weighted by Gasteiger charge is -2.36. The van der Waals surface area contributed by atoms with Gasteiger partial charge in [0, 0.05) is 26.1 Å². The molecule has 1 fully saturated rings. The van der Waals surface area contributed by atoms with E-state index >= 15 is 0 Å². The van der Waals surface area contributed by atoms with Gasteiger partial charge in [-0.1, -0.05) is 26.7 Å². The number of hydrogen-bond acceptors (Lipinski definition) is 2. The third-order valence-electron chi connectivity index (χ3n) is 4.00. The number of amides is 2. The van der Waals surface area contributed by atoms with Gasteiger partial charge in [0.25, 0.3) is 0 Å². The Kier molecular flexibility index (Phi) is 6.82. The van der Waals surface area contributed by atoms with Crippen molar-refractivity contribution in [2.45, 2.75) is 58.8 Å². The zero-order valence-electron chi connectivity index (χ0n) is 12.8. The number of carbonyl (C=O) groups excluding carboxylic acids is 1. The van der Waals surface area contributed by atoms with Crippen LogP contribution in [0.1, 0.15) is 58.8 Å². The van der Waals surface area contributed by atoms with Crippen LogP contribution in [0.3, 0.4) is 0 Å². The smallest absolute Gasteiger partial charge is 0.317 e. The van der Waals surface area contributed by atoms with E-state index in [1.807, 2.05) is 4.90 Å². The molecule has 1 heterocycles. The number of carboxylic acid groups (broad SMARTS) is 1. The van der Waals surface area contributed by atoms with Crippen LogP contribution in [0.15, 0.2) is 0 Å². The Morgan fingerprint density at radius 1 is 1.10 bits per heavy atom. The predicted octanol–water partition coefficient (Wildman–Crippen LogP) is 2.85. The van der Waals surface area contributed by atoms with Crippen LogP contribution in [0.5, 0.6) is 0 Å². The molecule has 20 heavy (non-hydrogen) atoms. The molecule has 0 atom stereocenters. The molecule has 0 spiro atoms. The lowest BCUT2D eigenvalue weighted by molar-refractivity contribution is -0.137. The summed E-state index contributed by atoms with van der Waals surface area (Å²) in [5.74, 6) is -0.730. The van der Waals surface area contributed by atoms with Crippen LogP contribution in [0.4, 0.5) is 4.79 Å². The highest BCUT2D eigenvalue weighted by molar-refractivity contribution is 5.74. The van der Waals surface area contributed by atoms with E-state index in [4.69, 9.17) is 5.11 Å². The van der Waals surface area contributed by atoms with Gasteiger partial charge in [-0.2, -0.15) is 0 Å². The summed E-state index contributed by atoms with van der Waals surface area (Å²) in [6.45, 7) is 6.87. The Bertz CT molecular complexity index is 319. The molecule has 1 saturated heterocycles. The van der Waals surface area contributed by atoms with E-state index in [2.05, 4.69) is 19.2 Å². The molecule has 2 N–H and O–H groups in total. The largest absolute Gasteiger partial charge is 0.481 e. The fourth-order valence-corrected chi connectivity index (χ4v) is 2.38. The second-order valence-electron chi connectivity index (χ2n) is 6.44. The number of aliphatic carboxylic acids is 1. The number of hydrogen-bond donors (Lipinski definition) is 2. The van der Waals surface area contributed by atoms with Crippen molar-refractivity contribution in [2.24, 2.45) is 5.41 Å². The van der Waals surface area contributed by atoms with E-state index in [9.17, 15) is 9.59 Å². The van der Waals surface area contributed by atoms with Crippen molar-refractivity contribution in [3.05, 3.63) is 0 Å². The zero-order chi connectivity index (χ0) is 15.0. The maximum Gasteiger partial charge on any atom is 0.317 e. The third kappa shape index (κ3) is 6.78. The fraction of sp³-hybridized carbons (Fsp3) is 0.867. The van der Waals surface area contributed by atoms with Crippen LogP contribution in [0.2, 0.25) is 0 Å². The molecule has 5 heteroatoms. The number of likely N-dealkylation sites (tertiary alicyclic amines) is 1. The second kappa shape index (κ2) is 8.12. The quantitative estimate of drug-likeness (QED) is 0.706. The lowest BCUT2D eigenvalue weighted by atomic mass is 9.83. The Morgan fingerprint density at radius 2 is 1.70 bits per heavy atom. The molecule has 0 aromatic rings. The van der Waals surface area contributed by atoms with Gasteiger partial charge in [-0.05, 0) is 31.1 Å². The van der Waals surface area contributed by atoms with E-state index in [0.29, 0.717) is 12.0 Å². The number of carbonyl (C=O) groups is 2. The van der Waals surface area contributed by atoms with Gasteiger partial charge in [-0.25, -0.2) is 4.79 Å². The molecule has 0 bridgehead atoms. The van der Waals surface area contributed by atoms with Crippen molar-refractivity contribution in [2.75, 3.05) is 19.6 Å². The zero-order valence-corrected chi connectivity index (χ0v) is 12.8. The van der Waals surface area contributed by atoms with Crippen LogP contribution in [-0.4, -0.2) is 41.6 Å². The molecule has 0 radical (unpaired) electrons. The molecule has 116 valence electrons. The first kappa shape index (κ1) is 16.8. The first-order chi connectivity index (χ1) is 9.41. The summed E-state index contributed by atoms with van der Waals surface area (Å²) in [4.78, 5) is 24.2. The number of rotatable bonds is 7. The van der Waals surface area contributed by atoms with Crippen molar-refractivity contribution in [1.82, 2.24) is 10.2 Å². The van der Waals surface area contributed by atoms with Crippen LogP contribution in [-0.2, 0) is 4.79 Å². The number of nitrogens with one attached hydrogen (secondary N) is 1. The van der Waals surface area contributed by atoms with Crippen molar-refractivity contribution in [3.63, 3.8) is 0 Å². The van der Waals surface area contributed by atoms with Crippen molar-refractivity contribution in [1.29, 1.82) is 0 Å². The Hall–Kier alpha value is -1.26. The molecule has 5 nitrogen and oxygen atoms in total.